The van der Waals surface area contributed by atoms with Gasteiger partial charge in [0.05, 0.1) is 11.4 Å². The minimum absolute atomic E-state index is 0.0693. The average molecular weight is 403 g/mol. The van der Waals surface area contributed by atoms with Crippen molar-refractivity contribution in [1.82, 2.24) is 4.90 Å². The first-order chi connectivity index (χ1) is 13.9. The van der Waals surface area contributed by atoms with E-state index in [9.17, 15) is 18.4 Å². The number of carbonyl (C=O) groups is 2. The van der Waals surface area contributed by atoms with E-state index in [1.54, 1.807) is 36.1 Å². The van der Waals surface area contributed by atoms with Crippen molar-refractivity contribution in [1.29, 1.82) is 0 Å². The van der Waals surface area contributed by atoms with E-state index < -0.39 is 11.7 Å². The van der Waals surface area contributed by atoms with Crippen molar-refractivity contribution >= 4 is 23.2 Å². The van der Waals surface area contributed by atoms with Crippen LogP contribution in [0.4, 0.5) is 20.2 Å². The third kappa shape index (κ3) is 5.51. The third-order valence-corrected chi connectivity index (χ3v) is 4.68. The summed E-state index contributed by atoms with van der Waals surface area (Å²) in [4.78, 5) is 27.6. The highest BCUT2D eigenvalue weighted by Crippen LogP contribution is 2.20. The lowest BCUT2D eigenvalue weighted by Gasteiger charge is -2.36. The van der Waals surface area contributed by atoms with Gasteiger partial charge in [-0.05, 0) is 36.8 Å². The van der Waals surface area contributed by atoms with E-state index in [0.717, 1.165) is 5.56 Å². The van der Waals surface area contributed by atoms with E-state index in [4.69, 9.17) is 4.74 Å². The molecule has 1 aliphatic heterocycles. The Bertz CT molecular complexity index is 883. The largest absolute Gasteiger partial charge is 0.366 e. The third-order valence-electron chi connectivity index (χ3n) is 4.68. The van der Waals surface area contributed by atoms with Crippen LogP contribution in [-0.4, -0.2) is 56.1 Å². The van der Waals surface area contributed by atoms with Crippen molar-refractivity contribution in [2.45, 2.75) is 6.92 Å². The number of nitrogens with zero attached hydrogens (tertiary/aromatic N) is 2. The lowest BCUT2D eigenvalue weighted by Crippen LogP contribution is -2.50. The lowest BCUT2D eigenvalue weighted by atomic mass is 10.2. The number of halogens is 2. The molecule has 1 saturated heterocycles. The molecule has 0 radical (unpaired) electrons. The molecule has 0 bridgehead atoms. The summed E-state index contributed by atoms with van der Waals surface area (Å²) in [5.41, 5.74) is 1.34. The minimum Gasteiger partial charge on any atom is -0.366 e. The van der Waals surface area contributed by atoms with Crippen LogP contribution in [0.3, 0.4) is 0 Å². The summed E-state index contributed by atoms with van der Waals surface area (Å²) < 4.78 is 32.8. The summed E-state index contributed by atoms with van der Waals surface area (Å²) in [7, 11) is 0. The maximum absolute atomic E-state index is 13.9. The number of ether oxygens (including phenoxy) is 1. The zero-order chi connectivity index (χ0) is 20.8. The number of para-hydroxylation sites is 1. The van der Waals surface area contributed by atoms with Gasteiger partial charge in [-0.2, -0.15) is 0 Å². The fraction of sp³-hybridized carbons (Fsp3) is 0.333. The molecule has 1 heterocycles. The zero-order valence-corrected chi connectivity index (χ0v) is 16.2. The number of amides is 2. The van der Waals surface area contributed by atoms with E-state index in [2.05, 4.69) is 5.32 Å². The van der Waals surface area contributed by atoms with Gasteiger partial charge in [-0.15, -0.1) is 0 Å². The van der Waals surface area contributed by atoms with E-state index in [-0.39, 0.29) is 30.6 Å². The van der Waals surface area contributed by atoms with E-state index in [0.29, 0.717) is 31.9 Å². The maximum atomic E-state index is 13.9. The monoisotopic (exact) mass is 403 g/mol. The topological polar surface area (TPSA) is 61.9 Å². The predicted molar refractivity (Wildman–Crippen MR) is 106 cm³/mol. The smallest absolute Gasteiger partial charge is 0.250 e. The predicted octanol–water partition coefficient (Wildman–Crippen LogP) is 2.58. The molecule has 2 aromatic rings. The molecule has 2 amide bonds. The van der Waals surface area contributed by atoms with Crippen LogP contribution in [0.2, 0.25) is 0 Å². The second kappa shape index (κ2) is 9.47. The molecule has 3 rings (SSSR count). The van der Waals surface area contributed by atoms with Crippen LogP contribution >= 0.6 is 0 Å². The van der Waals surface area contributed by atoms with Crippen LogP contribution in [-0.2, 0) is 14.3 Å². The van der Waals surface area contributed by atoms with Crippen LogP contribution in [0, 0.1) is 18.6 Å². The molecule has 29 heavy (non-hydrogen) atoms. The summed E-state index contributed by atoms with van der Waals surface area (Å²) in [5, 5.41) is 2.41. The molecular formula is C21H23F2N3O3. The first-order valence-electron chi connectivity index (χ1n) is 9.35. The molecular weight excluding hydrogens is 380 g/mol. The Balaban J connectivity index is 1.40. The number of hydrogen-bond donors (Lipinski definition) is 1. The van der Waals surface area contributed by atoms with Crippen LogP contribution in [0.25, 0.3) is 0 Å². The quantitative estimate of drug-likeness (QED) is 0.806. The van der Waals surface area contributed by atoms with Crippen molar-refractivity contribution in [3.63, 3.8) is 0 Å². The van der Waals surface area contributed by atoms with Crippen LogP contribution < -0.4 is 10.2 Å². The van der Waals surface area contributed by atoms with Crippen molar-refractivity contribution in [3.05, 3.63) is 59.7 Å². The van der Waals surface area contributed by atoms with Crippen molar-refractivity contribution in [2.75, 3.05) is 49.6 Å². The summed E-state index contributed by atoms with van der Waals surface area (Å²) in [6.45, 7) is 3.06. The van der Waals surface area contributed by atoms with Gasteiger partial charge in [0.1, 0.15) is 24.8 Å². The zero-order valence-electron chi connectivity index (χ0n) is 16.2. The number of piperazine rings is 1. The molecule has 6 nitrogen and oxygen atoms in total. The first-order valence-corrected chi connectivity index (χ1v) is 9.35. The highest BCUT2D eigenvalue weighted by atomic mass is 19.1. The highest BCUT2D eigenvalue weighted by Gasteiger charge is 2.22. The second-order valence-corrected chi connectivity index (χ2v) is 6.84. The van der Waals surface area contributed by atoms with Crippen molar-refractivity contribution in [2.24, 2.45) is 0 Å². The fourth-order valence-corrected chi connectivity index (χ4v) is 3.14. The summed E-state index contributed by atoms with van der Waals surface area (Å²) >= 11 is 0. The molecule has 0 unspecified atom stereocenters. The Hall–Kier alpha value is -3.00. The Morgan fingerprint density at radius 1 is 1.00 bits per heavy atom. The Morgan fingerprint density at radius 3 is 2.41 bits per heavy atom. The van der Waals surface area contributed by atoms with Gasteiger partial charge in [0.25, 0.3) is 0 Å². The molecule has 0 saturated carbocycles. The number of anilines is 2. The van der Waals surface area contributed by atoms with Gasteiger partial charge in [-0.1, -0.05) is 18.2 Å². The van der Waals surface area contributed by atoms with Gasteiger partial charge >= 0.3 is 0 Å². The normalized spacial score (nSPS) is 14.0. The van der Waals surface area contributed by atoms with Crippen molar-refractivity contribution < 1.29 is 23.1 Å². The standard InChI is InChI=1S/C21H23F2N3O3/c1-15-6-7-18(17(23)12-15)24-20(27)13-29-14-21(28)26-10-8-25(9-11-26)19-5-3-2-4-16(19)22/h2-7,12H,8-11,13-14H2,1H3,(H,24,27). The number of benzene rings is 2. The van der Waals surface area contributed by atoms with E-state index in [1.807, 2.05) is 4.90 Å². The molecule has 8 heteroatoms. The van der Waals surface area contributed by atoms with Crippen LogP contribution in [0.1, 0.15) is 5.56 Å². The number of carbonyl (C=O) groups excluding carboxylic acids is 2. The molecule has 1 fully saturated rings. The molecule has 154 valence electrons. The molecule has 1 aliphatic rings. The van der Waals surface area contributed by atoms with E-state index in [1.165, 1.54) is 18.2 Å². The van der Waals surface area contributed by atoms with Gasteiger partial charge in [0.2, 0.25) is 11.8 Å². The number of aryl methyl sites for hydroxylation is 1. The lowest BCUT2D eigenvalue weighted by molar-refractivity contribution is -0.137. The minimum atomic E-state index is -0.537. The highest BCUT2D eigenvalue weighted by molar-refractivity contribution is 5.92. The van der Waals surface area contributed by atoms with Gasteiger partial charge in [0.15, 0.2) is 0 Å². The Labute approximate surface area is 168 Å². The molecule has 0 atom stereocenters. The average Bonchev–Trinajstić information content (AvgIpc) is 2.70. The number of nitrogens with one attached hydrogen (secondary N) is 1. The fourth-order valence-electron chi connectivity index (χ4n) is 3.14. The van der Waals surface area contributed by atoms with Gasteiger partial charge < -0.3 is 19.9 Å². The summed E-state index contributed by atoms with van der Waals surface area (Å²) in [6, 6.07) is 11.0. The van der Waals surface area contributed by atoms with Crippen LogP contribution in [0.15, 0.2) is 42.5 Å². The van der Waals surface area contributed by atoms with E-state index >= 15 is 0 Å². The Kier molecular flexibility index (Phi) is 6.77. The first kappa shape index (κ1) is 20.7. The Morgan fingerprint density at radius 2 is 1.72 bits per heavy atom. The maximum Gasteiger partial charge on any atom is 0.250 e. The molecule has 0 spiro atoms. The molecule has 1 N–H and O–H groups in total. The second-order valence-electron chi connectivity index (χ2n) is 6.84. The van der Waals surface area contributed by atoms with Crippen molar-refractivity contribution in [3.8, 4) is 0 Å². The van der Waals surface area contributed by atoms with Gasteiger partial charge in [0, 0.05) is 26.2 Å². The SMILES string of the molecule is Cc1ccc(NC(=O)COCC(=O)N2CCN(c3ccccc3F)CC2)c(F)c1. The summed E-state index contributed by atoms with van der Waals surface area (Å²) in [6.07, 6.45) is 0. The van der Waals surface area contributed by atoms with Crippen LogP contribution in [0.5, 0.6) is 0 Å². The molecule has 0 aromatic heterocycles. The molecule has 2 aromatic carbocycles. The molecule has 0 aliphatic carbocycles. The number of rotatable bonds is 6. The summed E-state index contributed by atoms with van der Waals surface area (Å²) in [5.74, 6) is -1.59. The van der Waals surface area contributed by atoms with Gasteiger partial charge in [-0.25, -0.2) is 8.78 Å². The van der Waals surface area contributed by atoms with Gasteiger partial charge in [-0.3, -0.25) is 9.59 Å². The number of hydrogen-bond acceptors (Lipinski definition) is 4.